The lowest BCUT2D eigenvalue weighted by atomic mass is 9.93. The van der Waals surface area contributed by atoms with Crippen molar-refractivity contribution in [3.05, 3.63) is 17.7 Å². The second-order valence-electron chi connectivity index (χ2n) is 4.44. The Bertz CT molecular complexity index is 422. The second kappa shape index (κ2) is 5.45. The van der Waals surface area contributed by atoms with Crippen LogP contribution in [0.5, 0.6) is 0 Å². The van der Waals surface area contributed by atoms with Crippen molar-refractivity contribution >= 4 is 11.6 Å². The first-order chi connectivity index (χ1) is 8.60. The lowest BCUT2D eigenvalue weighted by molar-refractivity contribution is 0.126. The largest absolute Gasteiger partial charge is 0.393 e. The number of halogens is 2. The van der Waals surface area contributed by atoms with Crippen LogP contribution in [-0.2, 0) is 0 Å². The van der Waals surface area contributed by atoms with Crippen molar-refractivity contribution < 1.29 is 13.9 Å². The number of hydrazine groups is 1. The molecule has 0 radical (unpaired) electrons. The molecule has 1 saturated carbocycles. The molecule has 1 heterocycles. The smallest absolute Gasteiger partial charge is 0.178 e. The number of nitrogens with zero attached hydrogens (tertiary/aromatic N) is 1. The zero-order chi connectivity index (χ0) is 13.1. The summed E-state index contributed by atoms with van der Waals surface area (Å²) in [7, 11) is 0. The van der Waals surface area contributed by atoms with E-state index in [2.05, 4.69) is 15.7 Å². The number of nitrogens with two attached hydrogens (primary N) is 1. The molecule has 1 aromatic heterocycles. The molecule has 1 aliphatic rings. The number of aliphatic hydroxyl groups is 1. The first-order valence-corrected chi connectivity index (χ1v) is 5.87. The molecular weight excluding hydrogens is 242 g/mol. The summed E-state index contributed by atoms with van der Waals surface area (Å²) in [5.41, 5.74) is 2.07. The monoisotopic (exact) mass is 258 g/mol. The number of aliphatic hydroxyl groups excluding tert-OH is 1. The minimum atomic E-state index is -0.834. The highest BCUT2D eigenvalue weighted by Gasteiger charge is 2.21. The summed E-state index contributed by atoms with van der Waals surface area (Å²) in [4.78, 5) is 3.74. The fourth-order valence-corrected chi connectivity index (χ4v) is 2.08. The molecule has 18 heavy (non-hydrogen) atoms. The van der Waals surface area contributed by atoms with E-state index < -0.39 is 11.6 Å². The van der Waals surface area contributed by atoms with Crippen molar-refractivity contribution in [3.8, 4) is 0 Å². The van der Waals surface area contributed by atoms with Gasteiger partial charge in [0.15, 0.2) is 23.3 Å². The van der Waals surface area contributed by atoms with Gasteiger partial charge in [0.05, 0.1) is 6.10 Å². The normalized spacial score (nSPS) is 23.8. The highest BCUT2D eigenvalue weighted by Crippen LogP contribution is 2.24. The van der Waals surface area contributed by atoms with Crippen molar-refractivity contribution in [1.82, 2.24) is 4.98 Å². The van der Waals surface area contributed by atoms with Gasteiger partial charge in [0.25, 0.3) is 0 Å². The lowest BCUT2D eigenvalue weighted by Crippen LogP contribution is -2.29. The number of rotatable bonds is 3. The van der Waals surface area contributed by atoms with Gasteiger partial charge in [-0.3, -0.25) is 0 Å². The molecule has 1 aliphatic carbocycles. The van der Waals surface area contributed by atoms with E-state index in [0.717, 1.165) is 18.9 Å². The standard InChI is InChI=1S/C11H16F2N4O/c12-8-5-9(13)11(17-14)16-10(8)15-6-1-3-7(18)4-2-6/h5-7,18H,1-4,14H2,(H2,15,16,17). The van der Waals surface area contributed by atoms with Crippen molar-refractivity contribution in [3.63, 3.8) is 0 Å². The molecule has 2 rings (SSSR count). The van der Waals surface area contributed by atoms with Gasteiger partial charge < -0.3 is 15.8 Å². The molecule has 0 amide bonds. The Balaban J connectivity index is 2.09. The molecule has 0 bridgehead atoms. The number of nitrogen functional groups attached to an aromatic ring is 1. The van der Waals surface area contributed by atoms with Crippen molar-refractivity contribution in [1.29, 1.82) is 0 Å². The van der Waals surface area contributed by atoms with Gasteiger partial charge in [0.2, 0.25) is 0 Å². The predicted molar refractivity (Wildman–Crippen MR) is 63.8 cm³/mol. The fourth-order valence-electron chi connectivity index (χ4n) is 2.08. The van der Waals surface area contributed by atoms with E-state index in [0.29, 0.717) is 12.8 Å². The third-order valence-electron chi connectivity index (χ3n) is 3.10. The number of aromatic nitrogens is 1. The summed E-state index contributed by atoms with van der Waals surface area (Å²) in [6.45, 7) is 0. The lowest BCUT2D eigenvalue weighted by Gasteiger charge is -2.26. The van der Waals surface area contributed by atoms with Crippen LogP contribution in [0, 0.1) is 11.6 Å². The molecule has 0 spiro atoms. The molecule has 0 atom stereocenters. The summed E-state index contributed by atoms with van der Waals surface area (Å²) in [5, 5.41) is 12.3. The van der Waals surface area contributed by atoms with Crippen LogP contribution in [0.25, 0.3) is 0 Å². The molecule has 5 N–H and O–H groups in total. The van der Waals surface area contributed by atoms with Gasteiger partial charge in [-0.1, -0.05) is 0 Å². The number of hydrogen-bond acceptors (Lipinski definition) is 5. The SMILES string of the molecule is NNc1nc(NC2CCC(O)CC2)c(F)cc1F. The second-order valence-corrected chi connectivity index (χ2v) is 4.44. The molecule has 0 saturated heterocycles. The quantitative estimate of drug-likeness (QED) is 0.486. The Morgan fingerprint density at radius 1 is 1.17 bits per heavy atom. The third-order valence-corrected chi connectivity index (χ3v) is 3.10. The van der Waals surface area contributed by atoms with Crippen LogP contribution < -0.4 is 16.6 Å². The summed E-state index contributed by atoms with van der Waals surface area (Å²) < 4.78 is 26.7. The van der Waals surface area contributed by atoms with Crippen LogP contribution in [0.15, 0.2) is 6.07 Å². The van der Waals surface area contributed by atoms with Gasteiger partial charge in [-0.05, 0) is 25.7 Å². The summed E-state index contributed by atoms with van der Waals surface area (Å²) in [5.74, 6) is 3.28. The van der Waals surface area contributed by atoms with Crippen LogP contribution in [-0.4, -0.2) is 22.2 Å². The van der Waals surface area contributed by atoms with E-state index in [-0.39, 0.29) is 23.8 Å². The topological polar surface area (TPSA) is 83.2 Å². The van der Waals surface area contributed by atoms with Crippen LogP contribution in [0.2, 0.25) is 0 Å². The third kappa shape index (κ3) is 2.85. The van der Waals surface area contributed by atoms with Gasteiger partial charge in [-0.2, -0.15) is 0 Å². The molecule has 100 valence electrons. The number of pyridine rings is 1. The average molecular weight is 258 g/mol. The van der Waals surface area contributed by atoms with Crippen molar-refractivity contribution in [2.75, 3.05) is 10.7 Å². The summed E-state index contributed by atoms with van der Waals surface area (Å²) in [6.07, 6.45) is 2.51. The molecule has 0 aromatic carbocycles. The Morgan fingerprint density at radius 2 is 1.78 bits per heavy atom. The van der Waals surface area contributed by atoms with Gasteiger partial charge >= 0.3 is 0 Å². The molecule has 0 unspecified atom stereocenters. The van der Waals surface area contributed by atoms with Crippen LogP contribution in [0.3, 0.4) is 0 Å². The highest BCUT2D eigenvalue weighted by atomic mass is 19.1. The minimum absolute atomic E-state index is 0.0225. The van der Waals surface area contributed by atoms with Crippen LogP contribution in [0.4, 0.5) is 20.4 Å². The van der Waals surface area contributed by atoms with Gasteiger partial charge in [0.1, 0.15) is 0 Å². The summed E-state index contributed by atoms with van der Waals surface area (Å²) >= 11 is 0. The number of nitrogens with one attached hydrogen (secondary N) is 2. The van der Waals surface area contributed by atoms with Crippen LogP contribution in [0.1, 0.15) is 25.7 Å². The molecule has 5 nitrogen and oxygen atoms in total. The Morgan fingerprint density at radius 3 is 2.39 bits per heavy atom. The van der Waals surface area contributed by atoms with E-state index >= 15 is 0 Å². The highest BCUT2D eigenvalue weighted by molar-refractivity contribution is 5.47. The van der Waals surface area contributed by atoms with Gasteiger partial charge in [0, 0.05) is 12.1 Å². The zero-order valence-corrected chi connectivity index (χ0v) is 9.79. The maximum Gasteiger partial charge on any atom is 0.178 e. The average Bonchev–Trinajstić information content (AvgIpc) is 2.35. The maximum absolute atomic E-state index is 13.5. The molecule has 7 heteroatoms. The van der Waals surface area contributed by atoms with Crippen molar-refractivity contribution in [2.24, 2.45) is 5.84 Å². The fraction of sp³-hybridized carbons (Fsp3) is 0.545. The number of hydrogen-bond donors (Lipinski definition) is 4. The van der Waals surface area contributed by atoms with Gasteiger partial charge in [-0.25, -0.2) is 19.6 Å². The Hall–Kier alpha value is -1.47. The maximum atomic E-state index is 13.5. The van der Waals surface area contributed by atoms with Crippen molar-refractivity contribution in [2.45, 2.75) is 37.8 Å². The Kier molecular flexibility index (Phi) is 3.93. The summed E-state index contributed by atoms with van der Waals surface area (Å²) in [6, 6.07) is 0.772. The molecule has 0 aliphatic heterocycles. The first kappa shape index (κ1) is 13.0. The molecular formula is C11H16F2N4O. The van der Waals surface area contributed by atoms with E-state index in [1.807, 2.05) is 0 Å². The van der Waals surface area contributed by atoms with E-state index in [1.165, 1.54) is 0 Å². The zero-order valence-electron chi connectivity index (χ0n) is 9.79. The molecule has 1 fully saturated rings. The Labute approximate surface area is 103 Å². The van der Waals surface area contributed by atoms with E-state index in [4.69, 9.17) is 5.84 Å². The minimum Gasteiger partial charge on any atom is -0.393 e. The van der Waals surface area contributed by atoms with Gasteiger partial charge in [-0.15, -0.1) is 0 Å². The van der Waals surface area contributed by atoms with Crippen LogP contribution >= 0.6 is 0 Å². The number of anilines is 2. The van der Waals surface area contributed by atoms with E-state index in [1.54, 1.807) is 0 Å². The molecule has 1 aromatic rings. The predicted octanol–water partition coefficient (Wildman–Crippen LogP) is 1.36. The van der Waals surface area contributed by atoms with E-state index in [9.17, 15) is 13.9 Å². The first-order valence-electron chi connectivity index (χ1n) is 5.87.